The first-order valence-corrected chi connectivity index (χ1v) is 3.77. The summed E-state index contributed by atoms with van der Waals surface area (Å²) < 4.78 is 0. The van der Waals surface area contributed by atoms with Crippen LogP contribution in [0.15, 0.2) is 18.7 Å². The van der Waals surface area contributed by atoms with E-state index < -0.39 is 6.03 Å². The maximum atomic E-state index is 10.9. The van der Waals surface area contributed by atoms with Crippen LogP contribution in [0.2, 0.25) is 0 Å². The molecule has 1 heterocycles. The van der Waals surface area contributed by atoms with Crippen LogP contribution in [-0.2, 0) is 0 Å². The highest BCUT2D eigenvalue weighted by molar-refractivity contribution is 5.90. The van der Waals surface area contributed by atoms with Crippen LogP contribution in [0.3, 0.4) is 0 Å². The van der Waals surface area contributed by atoms with E-state index in [1.165, 1.54) is 23.6 Å². The average molecular weight is 181 g/mol. The molecule has 1 aromatic heterocycles. The zero-order valence-corrected chi connectivity index (χ0v) is 7.05. The number of nitrogens with zero attached hydrogens (tertiary/aromatic N) is 3. The number of carbonyl (C=O) groups excluding carboxylic acids is 1. The van der Waals surface area contributed by atoms with Crippen molar-refractivity contribution < 1.29 is 4.79 Å². The number of carbonyl (C=O) groups is 1. The summed E-state index contributed by atoms with van der Waals surface area (Å²) >= 11 is 0. The van der Waals surface area contributed by atoms with Crippen molar-refractivity contribution in [2.75, 3.05) is 18.0 Å². The number of amides is 2. The zero-order chi connectivity index (χ0) is 9.68. The lowest BCUT2D eigenvalue weighted by Crippen LogP contribution is -2.39. The molecular weight excluding hydrogens is 170 g/mol. The molecule has 1 rings (SSSR count). The fourth-order valence-corrected chi connectivity index (χ4v) is 0.926. The zero-order valence-electron chi connectivity index (χ0n) is 7.05. The molecule has 0 radical (unpaired) electrons. The summed E-state index contributed by atoms with van der Waals surface area (Å²) in [7, 11) is 0. The average Bonchev–Trinajstić information content (AvgIpc) is 2.15. The molecule has 0 spiro atoms. The second kappa shape index (κ2) is 4.36. The third-order valence-electron chi connectivity index (χ3n) is 1.48. The summed E-state index contributed by atoms with van der Waals surface area (Å²) in [5.41, 5.74) is 11.0. The molecule has 0 saturated carbocycles. The SMILES string of the molecule is NCCN(C(N)=O)c1cncnc1. The molecule has 0 fully saturated rings. The molecule has 2 amide bonds. The topological polar surface area (TPSA) is 98.1 Å². The molecule has 6 heteroatoms. The van der Waals surface area contributed by atoms with Crippen LogP contribution < -0.4 is 16.4 Å². The van der Waals surface area contributed by atoms with Crippen molar-refractivity contribution in [3.63, 3.8) is 0 Å². The van der Waals surface area contributed by atoms with Gasteiger partial charge in [-0.15, -0.1) is 0 Å². The van der Waals surface area contributed by atoms with Crippen LogP contribution in [0.1, 0.15) is 0 Å². The lowest BCUT2D eigenvalue weighted by molar-refractivity contribution is 0.254. The summed E-state index contributed by atoms with van der Waals surface area (Å²) in [4.78, 5) is 19.8. The van der Waals surface area contributed by atoms with Gasteiger partial charge in [0.15, 0.2) is 0 Å². The molecule has 0 aliphatic carbocycles. The number of rotatable bonds is 3. The predicted octanol–water partition coefficient (Wildman–Crippen LogP) is -0.680. The van der Waals surface area contributed by atoms with Gasteiger partial charge in [0.1, 0.15) is 6.33 Å². The van der Waals surface area contributed by atoms with Crippen molar-refractivity contribution in [1.29, 1.82) is 0 Å². The molecule has 0 unspecified atom stereocenters. The Bertz CT molecular complexity index is 275. The van der Waals surface area contributed by atoms with Crippen molar-refractivity contribution in [3.8, 4) is 0 Å². The predicted molar refractivity (Wildman–Crippen MR) is 48.0 cm³/mol. The minimum atomic E-state index is -0.555. The fraction of sp³-hybridized carbons (Fsp3) is 0.286. The van der Waals surface area contributed by atoms with Crippen LogP contribution >= 0.6 is 0 Å². The third-order valence-corrected chi connectivity index (χ3v) is 1.48. The molecule has 13 heavy (non-hydrogen) atoms. The number of urea groups is 1. The van der Waals surface area contributed by atoms with Gasteiger partial charge in [-0.2, -0.15) is 0 Å². The Morgan fingerprint density at radius 2 is 2.08 bits per heavy atom. The first-order valence-electron chi connectivity index (χ1n) is 3.77. The van der Waals surface area contributed by atoms with Gasteiger partial charge in [0.05, 0.1) is 18.1 Å². The molecule has 0 bridgehead atoms. The summed E-state index contributed by atoms with van der Waals surface area (Å²) in [6.45, 7) is 0.709. The van der Waals surface area contributed by atoms with Gasteiger partial charge in [-0.1, -0.05) is 0 Å². The van der Waals surface area contributed by atoms with Crippen molar-refractivity contribution in [3.05, 3.63) is 18.7 Å². The third kappa shape index (κ3) is 2.38. The lowest BCUT2D eigenvalue weighted by atomic mass is 10.4. The molecular formula is C7H11N5O. The largest absolute Gasteiger partial charge is 0.351 e. The Morgan fingerprint density at radius 3 is 2.54 bits per heavy atom. The maximum absolute atomic E-state index is 10.9. The van der Waals surface area contributed by atoms with Gasteiger partial charge in [-0.3, -0.25) is 4.90 Å². The Balaban J connectivity index is 2.82. The number of hydrogen-bond donors (Lipinski definition) is 2. The number of hydrogen-bond acceptors (Lipinski definition) is 4. The minimum absolute atomic E-state index is 0.345. The molecule has 0 atom stereocenters. The summed E-state index contributed by atoms with van der Waals surface area (Å²) in [6.07, 6.45) is 4.39. The van der Waals surface area contributed by atoms with Crippen molar-refractivity contribution in [1.82, 2.24) is 9.97 Å². The smallest absolute Gasteiger partial charge is 0.319 e. The summed E-state index contributed by atoms with van der Waals surface area (Å²) in [6, 6.07) is -0.555. The molecule has 70 valence electrons. The van der Waals surface area contributed by atoms with Crippen LogP contribution in [0.4, 0.5) is 10.5 Å². The Morgan fingerprint density at radius 1 is 1.46 bits per heavy atom. The van der Waals surface area contributed by atoms with Gasteiger partial charge in [-0.25, -0.2) is 14.8 Å². The van der Waals surface area contributed by atoms with Gasteiger partial charge < -0.3 is 11.5 Å². The van der Waals surface area contributed by atoms with Gasteiger partial charge >= 0.3 is 6.03 Å². The van der Waals surface area contributed by atoms with Gasteiger partial charge in [0.25, 0.3) is 0 Å². The van der Waals surface area contributed by atoms with Crippen LogP contribution in [0.5, 0.6) is 0 Å². The molecule has 4 N–H and O–H groups in total. The van der Waals surface area contributed by atoms with E-state index >= 15 is 0 Å². The van der Waals surface area contributed by atoms with Crippen LogP contribution in [0.25, 0.3) is 0 Å². The fourth-order valence-electron chi connectivity index (χ4n) is 0.926. The highest BCUT2D eigenvalue weighted by Crippen LogP contribution is 2.08. The van der Waals surface area contributed by atoms with E-state index in [2.05, 4.69) is 9.97 Å². The Kier molecular flexibility index (Phi) is 3.15. The summed E-state index contributed by atoms with van der Waals surface area (Å²) in [5.74, 6) is 0. The number of aromatic nitrogens is 2. The number of primary amides is 1. The first-order chi connectivity index (χ1) is 6.25. The maximum Gasteiger partial charge on any atom is 0.319 e. The van der Waals surface area contributed by atoms with Crippen molar-refractivity contribution in [2.45, 2.75) is 0 Å². The van der Waals surface area contributed by atoms with E-state index in [1.807, 2.05) is 0 Å². The van der Waals surface area contributed by atoms with Crippen LogP contribution in [0, 0.1) is 0 Å². The first kappa shape index (κ1) is 9.40. The van der Waals surface area contributed by atoms with E-state index in [0.717, 1.165) is 0 Å². The van der Waals surface area contributed by atoms with Gasteiger partial charge in [0, 0.05) is 13.1 Å². The highest BCUT2D eigenvalue weighted by Gasteiger charge is 2.10. The van der Waals surface area contributed by atoms with Gasteiger partial charge in [0.2, 0.25) is 0 Å². The quantitative estimate of drug-likeness (QED) is 0.645. The van der Waals surface area contributed by atoms with E-state index in [4.69, 9.17) is 11.5 Å². The lowest BCUT2D eigenvalue weighted by Gasteiger charge is -2.17. The van der Waals surface area contributed by atoms with E-state index in [1.54, 1.807) is 0 Å². The Labute approximate surface area is 75.6 Å². The van der Waals surface area contributed by atoms with Gasteiger partial charge in [-0.05, 0) is 0 Å². The molecule has 0 aliphatic rings. The molecule has 0 aliphatic heterocycles. The second-order valence-electron chi connectivity index (χ2n) is 2.38. The van der Waals surface area contributed by atoms with E-state index in [9.17, 15) is 4.79 Å². The minimum Gasteiger partial charge on any atom is -0.351 e. The molecule has 1 aromatic rings. The molecule has 6 nitrogen and oxygen atoms in total. The molecule has 0 aromatic carbocycles. The highest BCUT2D eigenvalue weighted by atomic mass is 16.2. The van der Waals surface area contributed by atoms with E-state index in [-0.39, 0.29) is 0 Å². The number of anilines is 1. The second-order valence-corrected chi connectivity index (χ2v) is 2.38. The Hall–Kier alpha value is -1.69. The van der Waals surface area contributed by atoms with Crippen molar-refractivity contribution in [2.24, 2.45) is 11.5 Å². The van der Waals surface area contributed by atoms with Crippen molar-refractivity contribution >= 4 is 11.7 Å². The standard InChI is InChI=1S/C7H11N5O/c8-1-2-12(7(9)13)6-3-10-5-11-4-6/h3-5H,1-2,8H2,(H2,9,13). The van der Waals surface area contributed by atoms with E-state index in [0.29, 0.717) is 18.8 Å². The molecule has 0 saturated heterocycles. The monoisotopic (exact) mass is 181 g/mol. The normalized spacial score (nSPS) is 9.62. The van der Waals surface area contributed by atoms with Crippen LogP contribution in [-0.4, -0.2) is 29.1 Å². The summed E-state index contributed by atoms with van der Waals surface area (Å²) in [5, 5.41) is 0. The number of nitrogens with two attached hydrogens (primary N) is 2.